The number of hydrogen-bond acceptors (Lipinski definition) is 5. The zero-order chi connectivity index (χ0) is 7.14. The van der Waals surface area contributed by atoms with Crippen molar-refractivity contribution in [2.45, 2.75) is 17.5 Å². The third kappa shape index (κ3) is 0.784. The zero-order valence-corrected chi connectivity index (χ0v) is 6.15. The van der Waals surface area contributed by atoms with E-state index in [1.807, 2.05) is 0 Å². The van der Waals surface area contributed by atoms with Crippen LogP contribution in [0.2, 0.25) is 0 Å². The number of nitrogens with one attached hydrogen (secondary N) is 2. The first-order chi connectivity index (χ1) is 4.79. The van der Waals surface area contributed by atoms with Crippen LogP contribution in [0, 0.1) is 0 Å². The van der Waals surface area contributed by atoms with Gasteiger partial charge < -0.3 is 5.73 Å². The van der Waals surface area contributed by atoms with E-state index >= 15 is 0 Å². The van der Waals surface area contributed by atoms with Gasteiger partial charge in [-0.25, -0.2) is 10.9 Å². The molecular weight excluding hydrogens is 150 g/mol. The molecule has 0 aliphatic carbocycles. The smallest absolute Gasteiger partial charge is 0.162 e. The van der Waals surface area contributed by atoms with Gasteiger partial charge >= 0.3 is 0 Å². The maximum atomic E-state index is 11.0. The van der Waals surface area contributed by atoms with Gasteiger partial charge in [0, 0.05) is 0 Å². The molecule has 0 spiro atoms. The van der Waals surface area contributed by atoms with Crippen molar-refractivity contribution in [2.75, 3.05) is 5.75 Å². The van der Waals surface area contributed by atoms with E-state index in [1.54, 1.807) is 11.8 Å². The molecule has 3 atom stereocenters. The molecule has 2 fully saturated rings. The Hall–Kier alpha value is -0.100. The molecule has 4 nitrogen and oxygen atoms in total. The second-order valence-corrected chi connectivity index (χ2v) is 3.70. The molecule has 56 valence electrons. The highest BCUT2D eigenvalue weighted by molar-refractivity contribution is 8.01. The summed E-state index contributed by atoms with van der Waals surface area (Å²) < 4.78 is 0. The summed E-state index contributed by atoms with van der Waals surface area (Å²) in [6.45, 7) is 0. The Morgan fingerprint density at radius 2 is 2.40 bits per heavy atom. The number of rotatable bonds is 0. The molecule has 2 aliphatic heterocycles. The molecule has 2 rings (SSSR count). The maximum Gasteiger partial charge on any atom is 0.162 e. The van der Waals surface area contributed by atoms with Gasteiger partial charge in [0.05, 0.1) is 23.2 Å². The van der Waals surface area contributed by atoms with Crippen molar-refractivity contribution in [2.24, 2.45) is 5.73 Å². The average Bonchev–Trinajstić information content (AvgIpc) is 2.41. The molecule has 0 aromatic heterocycles. The lowest BCUT2D eigenvalue weighted by molar-refractivity contribution is -0.117. The first-order valence-electron chi connectivity index (χ1n) is 3.20. The van der Waals surface area contributed by atoms with Gasteiger partial charge in [-0.05, 0) is 0 Å². The fourth-order valence-electron chi connectivity index (χ4n) is 1.29. The number of ketones is 1. The van der Waals surface area contributed by atoms with Gasteiger partial charge in [-0.15, -0.1) is 11.8 Å². The lowest BCUT2D eigenvalue weighted by Gasteiger charge is -2.07. The molecule has 0 bridgehead atoms. The third-order valence-electron chi connectivity index (χ3n) is 1.85. The number of carbonyl (C=O) groups excluding carboxylic acids is 1. The Balaban J connectivity index is 2.16. The Kier molecular flexibility index (Phi) is 1.45. The van der Waals surface area contributed by atoms with Crippen LogP contribution in [0.1, 0.15) is 0 Å². The van der Waals surface area contributed by atoms with Gasteiger partial charge in [-0.2, -0.15) is 0 Å². The van der Waals surface area contributed by atoms with E-state index in [4.69, 9.17) is 5.73 Å². The number of fused-ring (bicyclic) bond motifs is 1. The second-order valence-electron chi connectivity index (χ2n) is 2.53. The average molecular weight is 159 g/mol. The number of thioether (sulfide) groups is 1. The highest BCUT2D eigenvalue weighted by Crippen LogP contribution is 2.27. The van der Waals surface area contributed by atoms with E-state index in [0.717, 1.165) is 0 Å². The van der Waals surface area contributed by atoms with Crippen molar-refractivity contribution in [3.05, 3.63) is 0 Å². The minimum Gasteiger partial charge on any atom is -0.314 e. The molecule has 0 aromatic rings. The van der Waals surface area contributed by atoms with Crippen LogP contribution in [0.25, 0.3) is 0 Å². The number of carbonyl (C=O) groups is 1. The molecule has 2 heterocycles. The van der Waals surface area contributed by atoms with Crippen LogP contribution in [0.4, 0.5) is 0 Å². The van der Waals surface area contributed by atoms with Crippen LogP contribution in [0.5, 0.6) is 0 Å². The van der Waals surface area contributed by atoms with Crippen molar-refractivity contribution < 1.29 is 4.79 Å². The number of hydrogen-bond donors (Lipinski definition) is 3. The SMILES string of the molecule is N[C@@H]1NN[C@@H]2C(=O)CS[C@@H]12. The van der Waals surface area contributed by atoms with Crippen molar-refractivity contribution in [3.63, 3.8) is 0 Å². The van der Waals surface area contributed by atoms with Gasteiger partial charge in [0.1, 0.15) is 0 Å². The summed E-state index contributed by atoms with van der Waals surface area (Å²) in [5.41, 5.74) is 11.3. The largest absolute Gasteiger partial charge is 0.314 e. The van der Waals surface area contributed by atoms with Crippen molar-refractivity contribution in [3.8, 4) is 0 Å². The molecule has 0 radical (unpaired) electrons. The first-order valence-corrected chi connectivity index (χ1v) is 4.25. The van der Waals surface area contributed by atoms with Crippen LogP contribution >= 0.6 is 11.8 Å². The Morgan fingerprint density at radius 1 is 1.60 bits per heavy atom. The van der Waals surface area contributed by atoms with Crippen molar-refractivity contribution in [1.29, 1.82) is 0 Å². The molecule has 2 saturated heterocycles. The Morgan fingerprint density at radius 3 is 3.10 bits per heavy atom. The van der Waals surface area contributed by atoms with E-state index in [2.05, 4.69) is 10.9 Å². The molecule has 0 aromatic carbocycles. The van der Waals surface area contributed by atoms with Crippen LogP contribution < -0.4 is 16.6 Å². The third-order valence-corrected chi connectivity index (χ3v) is 3.25. The topological polar surface area (TPSA) is 67.2 Å². The highest BCUT2D eigenvalue weighted by atomic mass is 32.2. The van der Waals surface area contributed by atoms with E-state index in [0.29, 0.717) is 5.75 Å². The number of nitrogens with two attached hydrogens (primary N) is 1. The van der Waals surface area contributed by atoms with E-state index < -0.39 is 0 Å². The highest BCUT2D eigenvalue weighted by Gasteiger charge is 2.43. The van der Waals surface area contributed by atoms with Crippen LogP contribution in [0.15, 0.2) is 0 Å². The van der Waals surface area contributed by atoms with Crippen LogP contribution in [-0.2, 0) is 4.79 Å². The summed E-state index contributed by atoms with van der Waals surface area (Å²) in [5.74, 6) is 0.869. The standard InChI is InChI=1S/C5H9N3OS/c6-5-4-3(7-8-5)2(9)1-10-4/h3-5,7-8H,1,6H2/t3-,4-,5-/m1/s1. The molecular formula is C5H9N3OS. The summed E-state index contributed by atoms with van der Waals surface area (Å²) in [4.78, 5) is 11.0. The minimum absolute atomic E-state index is 0.0417. The monoisotopic (exact) mass is 159 g/mol. The van der Waals surface area contributed by atoms with Crippen molar-refractivity contribution in [1.82, 2.24) is 10.9 Å². The summed E-state index contributed by atoms with van der Waals surface area (Å²) in [5, 5.41) is 0.243. The Labute approximate surface area is 62.9 Å². The molecule has 10 heavy (non-hydrogen) atoms. The van der Waals surface area contributed by atoms with Gasteiger partial charge in [0.25, 0.3) is 0 Å². The van der Waals surface area contributed by atoms with E-state index in [-0.39, 0.29) is 23.2 Å². The minimum atomic E-state index is -0.0681. The molecule has 2 aliphatic rings. The van der Waals surface area contributed by atoms with E-state index in [1.165, 1.54) is 0 Å². The van der Waals surface area contributed by atoms with Gasteiger partial charge in [-0.1, -0.05) is 0 Å². The fraction of sp³-hybridized carbons (Fsp3) is 0.800. The Bertz CT molecular complexity index is 174. The summed E-state index contributed by atoms with van der Waals surface area (Å²) in [6.07, 6.45) is -0.0681. The quantitative estimate of drug-likeness (QED) is 0.398. The maximum absolute atomic E-state index is 11.0. The molecule has 0 unspecified atom stereocenters. The lowest BCUT2D eigenvalue weighted by Crippen LogP contribution is -2.40. The summed E-state index contributed by atoms with van der Waals surface area (Å²) in [7, 11) is 0. The molecule has 4 N–H and O–H groups in total. The number of hydrazine groups is 1. The molecule has 0 amide bonds. The summed E-state index contributed by atoms with van der Waals surface area (Å²) in [6, 6.07) is -0.0417. The lowest BCUT2D eigenvalue weighted by atomic mass is 10.1. The van der Waals surface area contributed by atoms with Gasteiger partial charge in [0.15, 0.2) is 5.78 Å². The van der Waals surface area contributed by atoms with Gasteiger partial charge in [0.2, 0.25) is 0 Å². The predicted molar refractivity (Wildman–Crippen MR) is 39.3 cm³/mol. The van der Waals surface area contributed by atoms with E-state index in [9.17, 15) is 4.79 Å². The fourth-order valence-corrected chi connectivity index (χ4v) is 2.51. The van der Waals surface area contributed by atoms with Crippen LogP contribution in [0.3, 0.4) is 0 Å². The zero-order valence-electron chi connectivity index (χ0n) is 5.33. The molecule has 5 heteroatoms. The number of Topliss-reactive ketones (excluding diaryl/α,β-unsaturated/α-hetero) is 1. The predicted octanol–water partition coefficient (Wildman–Crippen LogP) is -1.57. The normalized spacial score (nSPS) is 46.1. The van der Waals surface area contributed by atoms with Crippen molar-refractivity contribution >= 4 is 17.5 Å². The van der Waals surface area contributed by atoms with Crippen LogP contribution in [-0.4, -0.2) is 29.0 Å². The van der Waals surface area contributed by atoms with Gasteiger partial charge in [-0.3, -0.25) is 4.79 Å². The first kappa shape index (κ1) is 6.60. The second kappa shape index (κ2) is 2.20. The summed E-state index contributed by atoms with van der Waals surface area (Å²) >= 11 is 1.63. The molecule has 0 saturated carbocycles.